The summed E-state index contributed by atoms with van der Waals surface area (Å²) in [6.45, 7) is 10.3. The summed E-state index contributed by atoms with van der Waals surface area (Å²) < 4.78 is 5.43. The number of para-hydroxylation sites is 1. The van der Waals surface area contributed by atoms with Crippen molar-refractivity contribution in [1.29, 1.82) is 0 Å². The van der Waals surface area contributed by atoms with Gasteiger partial charge in [-0.15, -0.1) is 0 Å². The quantitative estimate of drug-likeness (QED) is 0.856. The van der Waals surface area contributed by atoms with Crippen molar-refractivity contribution in [3.8, 4) is 0 Å². The molecule has 3 nitrogen and oxygen atoms in total. The summed E-state index contributed by atoms with van der Waals surface area (Å²) in [5.41, 5.74) is 2.51. The predicted molar refractivity (Wildman–Crippen MR) is 88.0 cm³/mol. The monoisotopic (exact) mass is 284 g/mol. The Balaban J connectivity index is 2.04. The molecule has 2 heterocycles. The molecule has 112 valence electrons. The van der Waals surface area contributed by atoms with Crippen LogP contribution >= 0.6 is 0 Å². The molecule has 0 spiro atoms. The summed E-state index contributed by atoms with van der Waals surface area (Å²) in [5, 5.41) is 1.23. The molecule has 1 aliphatic heterocycles. The zero-order chi connectivity index (χ0) is 14.8. The van der Waals surface area contributed by atoms with Crippen LogP contribution in [0.2, 0.25) is 0 Å². The number of hydrogen-bond donors (Lipinski definition) is 0. The zero-order valence-corrected chi connectivity index (χ0v) is 13.2. The van der Waals surface area contributed by atoms with E-state index in [0.29, 0.717) is 11.8 Å². The van der Waals surface area contributed by atoms with Crippen LogP contribution in [-0.2, 0) is 4.74 Å². The number of ether oxygens (including phenoxy) is 1. The maximum absolute atomic E-state index is 5.43. The van der Waals surface area contributed by atoms with Crippen LogP contribution in [0.4, 0.5) is 5.82 Å². The number of hydrogen-bond acceptors (Lipinski definition) is 3. The van der Waals surface area contributed by atoms with Crippen molar-refractivity contribution in [2.75, 3.05) is 31.2 Å². The lowest BCUT2D eigenvalue weighted by Gasteiger charge is -2.28. The Morgan fingerprint density at radius 1 is 1.05 bits per heavy atom. The number of anilines is 1. The molecule has 21 heavy (non-hydrogen) atoms. The standard InChI is InChI=1S/C18H24N2O/c1-13(2)14(3)16-6-4-5-15-7-8-17(19-18(15)16)20-9-11-21-12-10-20/h4-8,13-14H,9-12H2,1-3H3. The largest absolute Gasteiger partial charge is 0.378 e. The van der Waals surface area contributed by atoms with Gasteiger partial charge in [-0.25, -0.2) is 4.98 Å². The lowest BCUT2D eigenvalue weighted by Crippen LogP contribution is -2.36. The molecule has 1 atom stereocenters. The third kappa shape index (κ3) is 2.88. The van der Waals surface area contributed by atoms with E-state index in [1.807, 2.05) is 0 Å². The van der Waals surface area contributed by atoms with Gasteiger partial charge in [0.2, 0.25) is 0 Å². The third-order valence-corrected chi connectivity index (χ3v) is 4.56. The zero-order valence-electron chi connectivity index (χ0n) is 13.2. The van der Waals surface area contributed by atoms with Crippen molar-refractivity contribution in [3.05, 3.63) is 35.9 Å². The highest BCUT2D eigenvalue weighted by Gasteiger charge is 2.16. The molecule has 3 rings (SSSR count). The second kappa shape index (κ2) is 6.02. The molecule has 0 aliphatic carbocycles. The number of pyridine rings is 1. The van der Waals surface area contributed by atoms with Gasteiger partial charge in [0, 0.05) is 18.5 Å². The van der Waals surface area contributed by atoms with E-state index in [4.69, 9.17) is 9.72 Å². The topological polar surface area (TPSA) is 25.4 Å². The number of fused-ring (bicyclic) bond motifs is 1. The fourth-order valence-corrected chi connectivity index (χ4v) is 2.85. The van der Waals surface area contributed by atoms with E-state index in [9.17, 15) is 0 Å². The smallest absolute Gasteiger partial charge is 0.129 e. The summed E-state index contributed by atoms with van der Waals surface area (Å²) >= 11 is 0. The first-order valence-corrected chi connectivity index (χ1v) is 7.89. The van der Waals surface area contributed by atoms with Crippen LogP contribution < -0.4 is 4.90 Å². The van der Waals surface area contributed by atoms with Crippen LogP contribution in [0, 0.1) is 5.92 Å². The van der Waals surface area contributed by atoms with Gasteiger partial charge in [-0.05, 0) is 29.5 Å². The minimum atomic E-state index is 0.515. The molecule has 1 aromatic carbocycles. The fraction of sp³-hybridized carbons (Fsp3) is 0.500. The molecule has 1 aliphatic rings. The first-order chi connectivity index (χ1) is 10.2. The fourth-order valence-electron chi connectivity index (χ4n) is 2.85. The Labute approximate surface area is 126 Å². The molecule has 0 bridgehead atoms. The number of benzene rings is 1. The highest BCUT2D eigenvalue weighted by molar-refractivity contribution is 5.84. The molecule has 1 aromatic heterocycles. The summed E-state index contributed by atoms with van der Waals surface area (Å²) in [7, 11) is 0. The van der Waals surface area contributed by atoms with Crippen LogP contribution in [0.15, 0.2) is 30.3 Å². The molecule has 0 radical (unpaired) electrons. The van der Waals surface area contributed by atoms with Crippen molar-refractivity contribution in [2.24, 2.45) is 5.92 Å². The molecule has 0 amide bonds. The van der Waals surface area contributed by atoms with Gasteiger partial charge in [0.15, 0.2) is 0 Å². The van der Waals surface area contributed by atoms with E-state index in [0.717, 1.165) is 37.6 Å². The maximum Gasteiger partial charge on any atom is 0.129 e. The summed E-state index contributed by atoms with van der Waals surface area (Å²) in [5.74, 6) is 2.21. The molecule has 3 heteroatoms. The first-order valence-electron chi connectivity index (χ1n) is 7.89. The third-order valence-electron chi connectivity index (χ3n) is 4.56. The van der Waals surface area contributed by atoms with Crippen molar-refractivity contribution in [3.63, 3.8) is 0 Å². The van der Waals surface area contributed by atoms with E-state index in [2.05, 4.69) is 56.0 Å². The van der Waals surface area contributed by atoms with Crippen LogP contribution in [0.3, 0.4) is 0 Å². The van der Waals surface area contributed by atoms with Crippen LogP contribution in [0.1, 0.15) is 32.3 Å². The summed E-state index contributed by atoms with van der Waals surface area (Å²) in [4.78, 5) is 7.29. The van der Waals surface area contributed by atoms with Gasteiger partial charge in [0.05, 0.1) is 18.7 Å². The molecule has 1 unspecified atom stereocenters. The van der Waals surface area contributed by atoms with Crippen molar-refractivity contribution in [1.82, 2.24) is 4.98 Å². The second-order valence-corrected chi connectivity index (χ2v) is 6.22. The van der Waals surface area contributed by atoms with Gasteiger partial charge >= 0.3 is 0 Å². The van der Waals surface area contributed by atoms with E-state index in [1.165, 1.54) is 10.9 Å². The number of nitrogens with zero attached hydrogens (tertiary/aromatic N) is 2. The molecular formula is C18H24N2O. The number of aromatic nitrogens is 1. The highest BCUT2D eigenvalue weighted by atomic mass is 16.5. The van der Waals surface area contributed by atoms with Crippen LogP contribution in [0.5, 0.6) is 0 Å². The summed E-state index contributed by atoms with van der Waals surface area (Å²) in [6.07, 6.45) is 0. The van der Waals surface area contributed by atoms with Gasteiger partial charge in [-0.2, -0.15) is 0 Å². The van der Waals surface area contributed by atoms with Gasteiger partial charge in [-0.3, -0.25) is 0 Å². The molecule has 0 saturated carbocycles. The number of morpholine rings is 1. The first kappa shape index (κ1) is 14.3. The van der Waals surface area contributed by atoms with E-state index in [-0.39, 0.29) is 0 Å². The van der Waals surface area contributed by atoms with E-state index < -0.39 is 0 Å². The second-order valence-electron chi connectivity index (χ2n) is 6.22. The number of rotatable bonds is 3. The SMILES string of the molecule is CC(C)C(C)c1cccc2ccc(N3CCOCC3)nc12. The molecule has 1 fully saturated rings. The molecule has 0 N–H and O–H groups in total. The predicted octanol–water partition coefficient (Wildman–Crippen LogP) is 3.83. The van der Waals surface area contributed by atoms with Crippen LogP contribution in [0.25, 0.3) is 10.9 Å². The van der Waals surface area contributed by atoms with Gasteiger partial charge in [0.1, 0.15) is 5.82 Å². The van der Waals surface area contributed by atoms with E-state index in [1.54, 1.807) is 0 Å². The maximum atomic E-state index is 5.43. The Kier molecular flexibility index (Phi) is 4.11. The lowest BCUT2D eigenvalue weighted by atomic mass is 9.89. The van der Waals surface area contributed by atoms with Gasteiger partial charge in [0.25, 0.3) is 0 Å². The van der Waals surface area contributed by atoms with Crippen molar-refractivity contribution < 1.29 is 4.74 Å². The highest BCUT2D eigenvalue weighted by Crippen LogP contribution is 2.30. The van der Waals surface area contributed by atoms with Gasteiger partial charge < -0.3 is 9.64 Å². The van der Waals surface area contributed by atoms with E-state index >= 15 is 0 Å². The Morgan fingerprint density at radius 2 is 1.81 bits per heavy atom. The lowest BCUT2D eigenvalue weighted by molar-refractivity contribution is 0.122. The van der Waals surface area contributed by atoms with Crippen molar-refractivity contribution in [2.45, 2.75) is 26.7 Å². The van der Waals surface area contributed by atoms with Crippen LogP contribution in [-0.4, -0.2) is 31.3 Å². The molecule has 1 saturated heterocycles. The average Bonchev–Trinajstić information content (AvgIpc) is 2.54. The Morgan fingerprint density at radius 3 is 2.52 bits per heavy atom. The Hall–Kier alpha value is -1.61. The molecular weight excluding hydrogens is 260 g/mol. The minimum absolute atomic E-state index is 0.515. The average molecular weight is 284 g/mol. The Bertz CT molecular complexity index is 618. The van der Waals surface area contributed by atoms with Crippen molar-refractivity contribution >= 4 is 16.7 Å². The van der Waals surface area contributed by atoms with Gasteiger partial charge in [-0.1, -0.05) is 39.0 Å². The minimum Gasteiger partial charge on any atom is -0.378 e. The summed E-state index contributed by atoms with van der Waals surface area (Å²) in [6, 6.07) is 10.9. The molecule has 2 aromatic rings. The normalized spacial score (nSPS) is 17.4.